The molecule has 0 fully saturated rings. The quantitative estimate of drug-likeness (QED) is 0.710. The molecule has 0 aliphatic carbocycles. The topological polar surface area (TPSA) is 55.8 Å². The zero-order chi connectivity index (χ0) is 14.6. The maximum atomic E-state index is 12.0. The van der Waals surface area contributed by atoms with Crippen LogP contribution < -0.4 is 0 Å². The fourth-order valence-corrected chi connectivity index (χ4v) is 1.72. The molecule has 0 rings (SSSR count). The predicted octanol–water partition coefficient (Wildman–Crippen LogP) is 2.24. The van der Waals surface area contributed by atoms with Gasteiger partial charge in [-0.15, -0.1) is 0 Å². The Hall–Kier alpha value is -1.10. The molecule has 1 amide bonds. The Morgan fingerprint density at radius 3 is 2.11 bits per heavy atom. The minimum atomic E-state index is -1.04. The molecule has 5 heteroatoms. The van der Waals surface area contributed by atoms with Crippen molar-refractivity contribution in [3.8, 4) is 0 Å². The summed E-state index contributed by atoms with van der Waals surface area (Å²) in [6.07, 6.45) is 0.452. The Kier molecular flexibility index (Phi) is 5.80. The van der Waals surface area contributed by atoms with Gasteiger partial charge in [-0.1, -0.05) is 6.92 Å². The number of aldehydes is 1. The van der Waals surface area contributed by atoms with Crippen LogP contribution in [0.15, 0.2) is 0 Å². The molecule has 106 valence electrons. The van der Waals surface area contributed by atoms with Crippen molar-refractivity contribution in [2.45, 2.75) is 58.3 Å². The average Bonchev–Trinajstić information content (AvgIpc) is 2.26. The maximum absolute atomic E-state index is 12.0. The van der Waals surface area contributed by atoms with E-state index in [0.717, 1.165) is 6.29 Å². The Labute approximate surface area is 109 Å². The van der Waals surface area contributed by atoms with E-state index in [4.69, 9.17) is 9.47 Å². The fraction of sp³-hybridized carbons (Fsp3) is 0.846. The second-order valence-electron chi connectivity index (χ2n) is 5.52. The number of likely N-dealkylation sites (N-methyl/N-ethyl adjacent to an activating group) is 1. The van der Waals surface area contributed by atoms with Gasteiger partial charge in [-0.3, -0.25) is 4.90 Å². The van der Waals surface area contributed by atoms with Crippen molar-refractivity contribution >= 4 is 12.4 Å². The lowest BCUT2D eigenvalue weighted by Crippen LogP contribution is -2.57. The lowest BCUT2D eigenvalue weighted by atomic mass is 9.93. The van der Waals surface area contributed by atoms with Gasteiger partial charge >= 0.3 is 6.09 Å². The van der Waals surface area contributed by atoms with Crippen LogP contribution in [0.5, 0.6) is 0 Å². The van der Waals surface area contributed by atoms with Crippen molar-refractivity contribution in [3.63, 3.8) is 0 Å². The molecule has 0 heterocycles. The van der Waals surface area contributed by atoms with Crippen LogP contribution in [0.2, 0.25) is 0 Å². The standard InChI is InChI=1S/C13H25NO4/c1-8-10(17-7)13(5,9-15)14(6)11(16)18-12(2,3)4/h9-10H,8H2,1-7H3. The van der Waals surface area contributed by atoms with Gasteiger partial charge in [0.05, 0.1) is 6.10 Å². The first-order valence-corrected chi connectivity index (χ1v) is 6.08. The second-order valence-corrected chi connectivity index (χ2v) is 5.52. The summed E-state index contributed by atoms with van der Waals surface area (Å²) in [6, 6.07) is 0. The Bertz CT molecular complexity index is 294. The van der Waals surface area contributed by atoms with Gasteiger partial charge in [0.25, 0.3) is 0 Å². The van der Waals surface area contributed by atoms with E-state index in [9.17, 15) is 9.59 Å². The fourth-order valence-electron chi connectivity index (χ4n) is 1.72. The molecular formula is C13H25NO4. The number of carbonyl (C=O) groups excluding carboxylic acids is 2. The molecule has 2 atom stereocenters. The molecule has 0 N–H and O–H groups in total. The zero-order valence-corrected chi connectivity index (χ0v) is 12.4. The van der Waals surface area contributed by atoms with E-state index in [-0.39, 0.29) is 6.10 Å². The molecule has 0 aliphatic rings. The second kappa shape index (κ2) is 6.18. The van der Waals surface area contributed by atoms with Crippen LogP contribution in [0.25, 0.3) is 0 Å². The highest BCUT2D eigenvalue weighted by atomic mass is 16.6. The van der Waals surface area contributed by atoms with E-state index < -0.39 is 17.2 Å². The largest absolute Gasteiger partial charge is 0.444 e. The summed E-state index contributed by atoms with van der Waals surface area (Å²) in [4.78, 5) is 24.7. The molecule has 0 saturated carbocycles. The lowest BCUT2D eigenvalue weighted by molar-refractivity contribution is -0.126. The van der Waals surface area contributed by atoms with Crippen molar-refractivity contribution in [1.82, 2.24) is 4.90 Å². The lowest BCUT2D eigenvalue weighted by Gasteiger charge is -2.39. The Morgan fingerprint density at radius 1 is 1.33 bits per heavy atom. The van der Waals surface area contributed by atoms with E-state index >= 15 is 0 Å². The van der Waals surface area contributed by atoms with Crippen molar-refractivity contribution in [3.05, 3.63) is 0 Å². The van der Waals surface area contributed by atoms with Gasteiger partial charge in [0.2, 0.25) is 0 Å². The molecule has 0 aromatic rings. The normalized spacial score (nSPS) is 16.6. The number of nitrogens with zero attached hydrogens (tertiary/aromatic N) is 1. The number of carbonyl (C=O) groups is 2. The van der Waals surface area contributed by atoms with E-state index in [1.807, 2.05) is 6.92 Å². The van der Waals surface area contributed by atoms with Crippen molar-refractivity contribution in [2.75, 3.05) is 14.2 Å². The average molecular weight is 259 g/mol. The first-order chi connectivity index (χ1) is 8.12. The number of hydrogen-bond acceptors (Lipinski definition) is 4. The summed E-state index contributed by atoms with van der Waals surface area (Å²) in [6.45, 7) is 8.92. The van der Waals surface area contributed by atoms with E-state index in [2.05, 4.69) is 0 Å². The maximum Gasteiger partial charge on any atom is 0.410 e. The van der Waals surface area contributed by atoms with Crippen molar-refractivity contribution < 1.29 is 19.1 Å². The zero-order valence-electron chi connectivity index (χ0n) is 12.4. The first kappa shape index (κ1) is 16.9. The van der Waals surface area contributed by atoms with Crippen molar-refractivity contribution in [2.24, 2.45) is 0 Å². The Balaban J connectivity index is 5.06. The van der Waals surface area contributed by atoms with E-state index in [1.165, 1.54) is 12.0 Å². The molecule has 0 aromatic heterocycles. The molecule has 2 unspecified atom stereocenters. The van der Waals surface area contributed by atoms with Crippen LogP contribution in [-0.2, 0) is 14.3 Å². The van der Waals surface area contributed by atoms with Gasteiger partial charge < -0.3 is 14.3 Å². The van der Waals surface area contributed by atoms with Gasteiger partial charge in [-0.25, -0.2) is 4.79 Å². The number of ether oxygens (including phenoxy) is 2. The van der Waals surface area contributed by atoms with Gasteiger partial charge in [0.15, 0.2) is 0 Å². The number of hydrogen-bond donors (Lipinski definition) is 0. The smallest absolute Gasteiger partial charge is 0.410 e. The summed E-state index contributed by atoms with van der Waals surface area (Å²) in [5.74, 6) is 0. The van der Waals surface area contributed by atoms with Crippen LogP contribution in [0.1, 0.15) is 41.0 Å². The molecule has 0 spiro atoms. The van der Waals surface area contributed by atoms with Crippen LogP contribution >= 0.6 is 0 Å². The minimum Gasteiger partial charge on any atom is -0.444 e. The molecule has 0 aliphatic heterocycles. The summed E-state index contributed by atoms with van der Waals surface area (Å²) in [7, 11) is 3.07. The summed E-state index contributed by atoms with van der Waals surface area (Å²) in [5.41, 5.74) is -1.63. The highest BCUT2D eigenvalue weighted by molar-refractivity contribution is 5.77. The van der Waals surface area contributed by atoms with Crippen molar-refractivity contribution in [1.29, 1.82) is 0 Å². The van der Waals surface area contributed by atoms with Crippen LogP contribution in [0, 0.1) is 0 Å². The molecule has 5 nitrogen and oxygen atoms in total. The van der Waals surface area contributed by atoms with Crippen LogP contribution in [-0.4, -0.2) is 48.7 Å². The predicted molar refractivity (Wildman–Crippen MR) is 69.6 cm³/mol. The van der Waals surface area contributed by atoms with Crippen LogP contribution in [0.4, 0.5) is 4.79 Å². The molecule has 0 aromatic carbocycles. The summed E-state index contributed by atoms with van der Waals surface area (Å²) < 4.78 is 10.5. The monoisotopic (exact) mass is 259 g/mol. The third-order valence-corrected chi connectivity index (χ3v) is 2.94. The van der Waals surface area contributed by atoms with Gasteiger partial charge in [-0.2, -0.15) is 0 Å². The highest BCUT2D eigenvalue weighted by Crippen LogP contribution is 2.23. The molecule has 18 heavy (non-hydrogen) atoms. The molecule has 0 saturated heterocycles. The van der Waals surface area contributed by atoms with Gasteiger partial charge in [0.1, 0.15) is 17.4 Å². The molecule has 0 radical (unpaired) electrons. The molecular weight excluding hydrogens is 234 g/mol. The highest BCUT2D eigenvalue weighted by Gasteiger charge is 2.41. The third kappa shape index (κ3) is 3.98. The van der Waals surface area contributed by atoms with Gasteiger partial charge in [0, 0.05) is 14.2 Å². The van der Waals surface area contributed by atoms with Crippen LogP contribution in [0.3, 0.4) is 0 Å². The number of amides is 1. The van der Waals surface area contributed by atoms with E-state index in [0.29, 0.717) is 6.42 Å². The molecule has 0 bridgehead atoms. The number of methoxy groups -OCH3 is 1. The van der Waals surface area contributed by atoms with Gasteiger partial charge in [-0.05, 0) is 34.1 Å². The Morgan fingerprint density at radius 2 is 1.83 bits per heavy atom. The van der Waals surface area contributed by atoms with E-state index in [1.54, 1.807) is 34.7 Å². The summed E-state index contributed by atoms with van der Waals surface area (Å²) in [5, 5.41) is 0. The first-order valence-electron chi connectivity index (χ1n) is 6.08. The minimum absolute atomic E-state index is 0.368. The summed E-state index contributed by atoms with van der Waals surface area (Å²) >= 11 is 0. The SMILES string of the molecule is CCC(OC)C(C)(C=O)N(C)C(=O)OC(C)(C)C. The third-order valence-electron chi connectivity index (χ3n) is 2.94. The number of rotatable bonds is 5.